The monoisotopic (exact) mass is 334 g/mol. The van der Waals surface area contributed by atoms with Crippen LogP contribution in [0.5, 0.6) is 0 Å². The van der Waals surface area contributed by atoms with Gasteiger partial charge in [0.1, 0.15) is 4.60 Å². The summed E-state index contributed by atoms with van der Waals surface area (Å²) in [6.45, 7) is 2.30. The summed E-state index contributed by atoms with van der Waals surface area (Å²) in [5.41, 5.74) is 0.906. The van der Waals surface area contributed by atoms with Crippen LogP contribution < -0.4 is 5.32 Å². The number of aromatic nitrogens is 3. The molecule has 4 rings (SSSR count). The summed E-state index contributed by atoms with van der Waals surface area (Å²) in [6, 6.07) is 0.465. The largest absolute Gasteiger partial charge is 0.364 e. The van der Waals surface area contributed by atoms with Crippen molar-refractivity contribution in [2.45, 2.75) is 38.6 Å². The van der Waals surface area contributed by atoms with Crippen molar-refractivity contribution in [3.63, 3.8) is 0 Å². The number of halogens is 1. The fourth-order valence-corrected chi connectivity index (χ4v) is 4.62. The van der Waals surface area contributed by atoms with E-state index in [2.05, 4.69) is 38.1 Å². The number of hydrogen-bond acceptors (Lipinski definition) is 3. The predicted molar refractivity (Wildman–Crippen MR) is 82.7 cm³/mol. The second kappa shape index (κ2) is 4.72. The van der Waals surface area contributed by atoms with E-state index in [1.807, 2.05) is 23.0 Å². The lowest BCUT2D eigenvalue weighted by Gasteiger charge is -2.29. The van der Waals surface area contributed by atoms with Gasteiger partial charge in [0, 0.05) is 24.6 Å². The Labute approximate surface area is 127 Å². The average Bonchev–Trinajstić information content (AvgIpc) is 3.13. The van der Waals surface area contributed by atoms with E-state index in [1.54, 1.807) is 0 Å². The van der Waals surface area contributed by atoms with Crippen LogP contribution in [-0.4, -0.2) is 20.4 Å². The van der Waals surface area contributed by atoms with Gasteiger partial charge in [0.2, 0.25) is 0 Å². The molecule has 20 heavy (non-hydrogen) atoms. The van der Waals surface area contributed by atoms with Gasteiger partial charge in [-0.05, 0) is 59.9 Å². The van der Waals surface area contributed by atoms with Crippen LogP contribution in [0.3, 0.4) is 0 Å². The number of rotatable bonds is 3. The van der Waals surface area contributed by atoms with Crippen LogP contribution in [0.4, 0.5) is 5.82 Å². The van der Waals surface area contributed by atoms with E-state index in [9.17, 15) is 0 Å². The number of hydrogen-bond donors (Lipinski definition) is 1. The predicted octanol–water partition coefficient (Wildman–Crippen LogP) is 3.73. The highest BCUT2D eigenvalue weighted by Crippen LogP contribution is 2.49. The van der Waals surface area contributed by atoms with E-state index >= 15 is 0 Å². The second-order valence-electron chi connectivity index (χ2n) is 6.34. The molecule has 2 aromatic heterocycles. The van der Waals surface area contributed by atoms with Crippen LogP contribution in [0, 0.1) is 17.8 Å². The Morgan fingerprint density at radius 1 is 1.40 bits per heavy atom. The molecule has 0 spiro atoms. The fraction of sp³-hybridized carbons (Fsp3) is 0.600. The third-order valence-electron chi connectivity index (χ3n) is 5.14. The first kappa shape index (κ1) is 12.6. The van der Waals surface area contributed by atoms with Crippen molar-refractivity contribution >= 4 is 27.4 Å². The molecule has 4 atom stereocenters. The molecular weight excluding hydrogens is 316 g/mol. The van der Waals surface area contributed by atoms with Gasteiger partial charge in [-0.3, -0.25) is 0 Å². The van der Waals surface area contributed by atoms with Crippen molar-refractivity contribution in [3.05, 3.63) is 23.2 Å². The summed E-state index contributed by atoms with van der Waals surface area (Å²) in [6.07, 6.45) is 11.4. The molecule has 4 nitrogen and oxygen atoms in total. The highest BCUT2D eigenvalue weighted by molar-refractivity contribution is 9.10. The van der Waals surface area contributed by atoms with E-state index in [4.69, 9.17) is 0 Å². The smallest absolute Gasteiger partial charge is 0.180 e. The lowest BCUT2D eigenvalue weighted by molar-refractivity contribution is 0.304. The molecule has 2 aromatic rings. The Hall–Kier alpha value is -1.10. The van der Waals surface area contributed by atoms with Crippen LogP contribution in [0.1, 0.15) is 32.6 Å². The Morgan fingerprint density at radius 2 is 2.30 bits per heavy atom. The first-order chi connectivity index (χ1) is 9.70. The summed E-state index contributed by atoms with van der Waals surface area (Å²) >= 11 is 3.47. The fourth-order valence-electron chi connectivity index (χ4n) is 4.23. The van der Waals surface area contributed by atoms with Gasteiger partial charge < -0.3 is 9.72 Å². The molecule has 2 heterocycles. The summed E-state index contributed by atoms with van der Waals surface area (Å²) in [4.78, 5) is 8.97. The van der Waals surface area contributed by atoms with Gasteiger partial charge in [0.25, 0.3) is 0 Å². The molecule has 2 aliphatic carbocycles. The molecule has 5 heteroatoms. The van der Waals surface area contributed by atoms with E-state index in [-0.39, 0.29) is 0 Å². The lowest BCUT2D eigenvalue weighted by Crippen LogP contribution is -2.30. The molecule has 2 aliphatic rings. The van der Waals surface area contributed by atoms with Crippen molar-refractivity contribution in [1.82, 2.24) is 14.4 Å². The van der Waals surface area contributed by atoms with Gasteiger partial charge in [0.05, 0.1) is 0 Å². The van der Waals surface area contributed by atoms with Crippen molar-refractivity contribution in [3.8, 4) is 0 Å². The first-order valence-corrected chi connectivity index (χ1v) is 8.26. The van der Waals surface area contributed by atoms with Gasteiger partial charge in [-0.25, -0.2) is 9.97 Å². The molecule has 106 valence electrons. The summed E-state index contributed by atoms with van der Waals surface area (Å²) in [7, 11) is 0. The quantitative estimate of drug-likeness (QED) is 0.929. The molecule has 2 fully saturated rings. The second-order valence-corrected chi connectivity index (χ2v) is 7.15. The van der Waals surface area contributed by atoms with Gasteiger partial charge in [0.15, 0.2) is 11.5 Å². The summed E-state index contributed by atoms with van der Waals surface area (Å²) in [5.74, 6) is 3.59. The molecule has 2 saturated carbocycles. The van der Waals surface area contributed by atoms with E-state index in [0.717, 1.165) is 33.8 Å². The SMILES string of the molecule is CC(Nc1nc(Br)cn2ccnc12)C1CC2CCC1C2. The molecule has 2 bridgehead atoms. The minimum absolute atomic E-state index is 0.465. The van der Waals surface area contributed by atoms with Crippen LogP contribution in [0.15, 0.2) is 23.2 Å². The van der Waals surface area contributed by atoms with E-state index < -0.39 is 0 Å². The third kappa shape index (κ3) is 2.03. The maximum absolute atomic E-state index is 4.57. The zero-order chi connectivity index (χ0) is 13.7. The Balaban J connectivity index is 1.59. The van der Waals surface area contributed by atoms with Gasteiger partial charge >= 0.3 is 0 Å². The maximum Gasteiger partial charge on any atom is 0.180 e. The van der Waals surface area contributed by atoms with E-state index in [0.29, 0.717) is 6.04 Å². The normalized spacial score (nSPS) is 30.0. The average molecular weight is 335 g/mol. The summed E-state index contributed by atoms with van der Waals surface area (Å²) < 4.78 is 2.85. The third-order valence-corrected chi connectivity index (χ3v) is 5.53. The van der Waals surface area contributed by atoms with Gasteiger partial charge in [-0.2, -0.15) is 0 Å². The first-order valence-electron chi connectivity index (χ1n) is 7.46. The zero-order valence-electron chi connectivity index (χ0n) is 11.6. The van der Waals surface area contributed by atoms with Crippen LogP contribution in [0.2, 0.25) is 0 Å². The van der Waals surface area contributed by atoms with Crippen LogP contribution >= 0.6 is 15.9 Å². The Morgan fingerprint density at radius 3 is 3.05 bits per heavy atom. The molecule has 0 saturated heterocycles. The van der Waals surface area contributed by atoms with Gasteiger partial charge in [-0.15, -0.1) is 0 Å². The minimum Gasteiger partial charge on any atom is -0.364 e. The Kier molecular flexibility index (Phi) is 2.98. The minimum atomic E-state index is 0.465. The van der Waals surface area contributed by atoms with Gasteiger partial charge in [-0.1, -0.05) is 6.42 Å². The highest BCUT2D eigenvalue weighted by Gasteiger charge is 2.41. The number of nitrogens with one attached hydrogen (secondary N) is 1. The van der Waals surface area contributed by atoms with Crippen molar-refractivity contribution in [1.29, 1.82) is 0 Å². The van der Waals surface area contributed by atoms with Crippen molar-refractivity contribution < 1.29 is 0 Å². The van der Waals surface area contributed by atoms with Crippen molar-refractivity contribution in [2.24, 2.45) is 17.8 Å². The number of imidazole rings is 1. The van der Waals surface area contributed by atoms with E-state index in [1.165, 1.54) is 25.7 Å². The molecule has 0 amide bonds. The zero-order valence-corrected chi connectivity index (χ0v) is 13.2. The molecule has 4 unspecified atom stereocenters. The molecule has 0 radical (unpaired) electrons. The van der Waals surface area contributed by atoms with Crippen molar-refractivity contribution in [2.75, 3.05) is 5.32 Å². The number of fused-ring (bicyclic) bond motifs is 3. The molecular formula is C15H19BrN4. The number of nitrogens with zero attached hydrogens (tertiary/aromatic N) is 3. The number of anilines is 1. The van der Waals surface area contributed by atoms with Crippen LogP contribution in [0.25, 0.3) is 5.65 Å². The highest BCUT2D eigenvalue weighted by atomic mass is 79.9. The Bertz CT molecular complexity index is 638. The summed E-state index contributed by atoms with van der Waals surface area (Å²) in [5, 5.41) is 3.61. The lowest BCUT2D eigenvalue weighted by atomic mass is 9.84. The molecule has 0 aromatic carbocycles. The maximum atomic E-state index is 4.57. The molecule has 1 N–H and O–H groups in total. The topological polar surface area (TPSA) is 42.2 Å². The van der Waals surface area contributed by atoms with Crippen LogP contribution in [-0.2, 0) is 0 Å². The standard InChI is InChI=1S/C15H19BrN4/c1-9(12-7-10-2-3-11(12)6-10)18-14-15-17-4-5-20(15)8-13(16)19-14/h4-5,8-12H,2-3,6-7H2,1H3,(H,18,19). The molecule has 0 aliphatic heterocycles.